The number of rotatable bonds is 6. The van der Waals surface area contributed by atoms with Crippen LogP contribution in [0.5, 0.6) is 0 Å². The van der Waals surface area contributed by atoms with Gasteiger partial charge in [-0.15, -0.1) is 10.2 Å². The lowest BCUT2D eigenvalue weighted by Crippen LogP contribution is -2.23. The van der Waals surface area contributed by atoms with Gasteiger partial charge in [-0.2, -0.15) is 0 Å². The van der Waals surface area contributed by atoms with E-state index in [4.69, 9.17) is 0 Å². The number of nitro groups is 1. The van der Waals surface area contributed by atoms with Crippen LogP contribution in [0.1, 0.15) is 24.4 Å². The SMILES string of the molecule is C[C@H](NCCc1ccc([N+](=O)[O-])cc1)c1nnc2ccccn12. The number of benzene rings is 1. The molecule has 118 valence electrons. The van der Waals surface area contributed by atoms with Crippen LogP contribution in [-0.4, -0.2) is 26.1 Å². The van der Waals surface area contributed by atoms with Crippen molar-refractivity contribution in [3.63, 3.8) is 0 Å². The number of nitrogens with zero attached hydrogens (tertiary/aromatic N) is 4. The molecule has 1 aromatic carbocycles. The summed E-state index contributed by atoms with van der Waals surface area (Å²) in [6, 6.07) is 12.5. The van der Waals surface area contributed by atoms with Crippen molar-refractivity contribution in [2.24, 2.45) is 0 Å². The molecular formula is C16H17N5O2. The lowest BCUT2D eigenvalue weighted by molar-refractivity contribution is -0.384. The second-order valence-corrected chi connectivity index (χ2v) is 5.34. The van der Waals surface area contributed by atoms with Crippen LogP contribution in [0.3, 0.4) is 0 Å². The molecule has 23 heavy (non-hydrogen) atoms. The summed E-state index contributed by atoms with van der Waals surface area (Å²) in [5.41, 5.74) is 2.00. The highest BCUT2D eigenvalue weighted by Crippen LogP contribution is 2.14. The van der Waals surface area contributed by atoms with Crippen LogP contribution in [0.25, 0.3) is 5.65 Å². The van der Waals surface area contributed by atoms with Crippen molar-refractivity contribution in [3.05, 3.63) is 70.2 Å². The fraction of sp³-hybridized carbons (Fsp3) is 0.250. The summed E-state index contributed by atoms with van der Waals surface area (Å²) in [6.45, 7) is 2.79. The van der Waals surface area contributed by atoms with Crippen LogP contribution in [0.4, 0.5) is 5.69 Å². The van der Waals surface area contributed by atoms with Crippen LogP contribution in [0.15, 0.2) is 48.7 Å². The summed E-state index contributed by atoms with van der Waals surface area (Å²) in [4.78, 5) is 10.2. The van der Waals surface area contributed by atoms with Crippen LogP contribution < -0.4 is 5.32 Å². The molecule has 3 rings (SSSR count). The van der Waals surface area contributed by atoms with Gasteiger partial charge >= 0.3 is 0 Å². The van der Waals surface area contributed by atoms with Gasteiger partial charge in [0.2, 0.25) is 0 Å². The Kier molecular flexibility index (Phi) is 4.29. The molecule has 0 aliphatic heterocycles. The first-order chi connectivity index (χ1) is 11.1. The molecule has 0 saturated heterocycles. The second-order valence-electron chi connectivity index (χ2n) is 5.34. The largest absolute Gasteiger partial charge is 0.307 e. The van der Waals surface area contributed by atoms with Gasteiger partial charge < -0.3 is 5.32 Å². The molecule has 7 nitrogen and oxygen atoms in total. The first-order valence-electron chi connectivity index (χ1n) is 7.41. The third kappa shape index (κ3) is 3.35. The molecule has 2 aromatic heterocycles. The van der Waals surface area contributed by atoms with Gasteiger partial charge in [0.1, 0.15) is 0 Å². The monoisotopic (exact) mass is 311 g/mol. The van der Waals surface area contributed by atoms with E-state index in [0.29, 0.717) is 0 Å². The van der Waals surface area contributed by atoms with Crippen molar-refractivity contribution in [1.29, 1.82) is 0 Å². The van der Waals surface area contributed by atoms with E-state index in [9.17, 15) is 10.1 Å². The molecule has 0 fully saturated rings. The molecule has 0 bridgehead atoms. The summed E-state index contributed by atoms with van der Waals surface area (Å²) in [5, 5.41) is 22.4. The average Bonchev–Trinajstić information content (AvgIpc) is 2.99. The number of nitro benzene ring substituents is 1. The van der Waals surface area contributed by atoms with E-state index in [0.717, 1.165) is 30.0 Å². The Morgan fingerprint density at radius 2 is 2.00 bits per heavy atom. The molecule has 0 aliphatic carbocycles. The Bertz CT molecular complexity index is 813. The summed E-state index contributed by atoms with van der Waals surface area (Å²) in [5.74, 6) is 0.865. The van der Waals surface area contributed by atoms with Crippen molar-refractivity contribution in [2.75, 3.05) is 6.54 Å². The van der Waals surface area contributed by atoms with Gasteiger partial charge in [-0.05, 0) is 37.6 Å². The molecule has 0 unspecified atom stereocenters. The van der Waals surface area contributed by atoms with E-state index in [1.54, 1.807) is 12.1 Å². The molecular weight excluding hydrogens is 294 g/mol. The summed E-state index contributed by atoms with van der Waals surface area (Å²) >= 11 is 0. The zero-order chi connectivity index (χ0) is 16.2. The van der Waals surface area contributed by atoms with E-state index in [1.165, 1.54) is 12.1 Å². The quantitative estimate of drug-likeness (QED) is 0.558. The minimum atomic E-state index is -0.388. The van der Waals surface area contributed by atoms with E-state index in [1.807, 2.05) is 35.7 Å². The Labute approximate surface area is 133 Å². The van der Waals surface area contributed by atoms with Crippen LogP contribution in [-0.2, 0) is 6.42 Å². The molecule has 0 aliphatic rings. The molecule has 3 aromatic rings. The third-order valence-corrected chi connectivity index (χ3v) is 3.74. The molecule has 7 heteroatoms. The van der Waals surface area contributed by atoms with Gasteiger partial charge in [-0.3, -0.25) is 14.5 Å². The van der Waals surface area contributed by atoms with E-state index < -0.39 is 0 Å². The molecule has 0 saturated carbocycles. The zero-order valence-corrected chi connectivity index (χ0v) is 12.7. The van der Waals surface area contributed by atoms with Gasteiger partial charge in [-0.25, -0.2) is 0 Å². The minimum absolute atomic E-state index is 0.0606. The maximum Gasteiger partial charge on any atom is 0.269 e. The highest BCUT2D eigenvalue weighted by molar-refractivity contribution is 5.37. The Hall–Kier alpha value is -2.80. The fourth-order valence-electron chi connectivity index (χ4n) is 2.46. The molecule has 1 atom stereocenters. The summed E-state index contributed by atoms with van der Waals surface area (Å²) < 4.78 is 1.96. The standard InChI is InChI=1S/C16H17N5O2/c1-12(16-19-18-15-4-2-3-11-20(15)16)17-10-9-13-5-7-14(8-6-13)21(22)23/h2-8,11-12,17H,9-10H2,1H3/t12-/m0/s1. The molecule has 1 N–H and O–H groups in total. The maximum atomic E-state index is 10.6. The highest BCUT2D eigenvalue weighted by atomic mass is 16.6. The van der Waals surface area contributed by atoms with Gasteiger partial charge in [0.05, 0.1) is 11.0 Å². The maximum absolute atomic E-state index is 10.6. The number of pyridine rings is 1. The van der Waals surface area contributed by atoms with Crippen molar-refractivity contribution in [3.8, 4) is 0 Å². The fourth-order valence-corrected chi connectivity index (χ4v) is 2.46. The second kappa shape index (κ2) is 6.53. The number of fused-ring (bicyclic) bond motifs is 1. The van der Waals surface area contributed by atoms with Crippen LogP contribution in [0, 0.1) is 10.1 Å². The van der Waals surface area contributed by atoms with Gasteiger partial charge in [0, 0.05) is 18.3 Å². The minimum Gasteiger partial charge on any atom is -0.307 e. The normalized spacial score (nSPS) is 12.4. The van der Waals surface area contributed by atoms with Crippen molar-refractivity contribution in [1.82, 2.24) is 19.9 Å². The predicted octanol–water partition coefficient (Wildman–Crippen LogP) is 2.53. The third-order valence-electron chi connectivity index (χ3n) is 3.74. The summed E-state index contributed by atoms with van der Waals surface area (Å²) in [6.07, 6.45) is 2.73. The number of aromatic nitrogens is 3. The predicted molar refractivity (Wildman–Crippen MR) is 86.2 cm³/mol. The smallest absolute Gasteiger partial charge is 0.269 e. The average molecular weight is 311 g/mol. The lowest BCUT2D eigenvalue weighted by Gasteiger charge is -2.12. The van der Waals surface area contributed by atoms with Gasteiger partial charge in [-0.1, -0.05) is 18.2 Å². The first kappa shape index (κ1) is 15.1. The topological polar surface area (TPSA) is 85.4 Å². The number of hydrogen-bond acceptors (Lipinski definition) is 5. The molecule has 0 radical (unpaired) electrons. The first-order valence-corrected chi connectivity index (χ1v) is 7.41. The van der Waals surface area contributed by atoms with Crippen molar-refractivity contribution in [2.45, 2.75) is 19.4 Å². The van der Waals surface area contributed by atoms with Crippen LogP contribution in [0.2, 0.25) is 0 Å². The Balaban J connectivity index is 1.59. The Morgan fingerprint density at radius 3 is 2.74 bits per heavy atom. The Morgan fingerprint density at radius 1 is 1.22 bits per heavy atom. The van der Waals surface area contributed by atoms with Gasteiger partial charge in [0.15, 0.2) is 11.5 Å². The number of nitrogens with one attached hydrogen (secondary N) is 1. The number of non-ortho nitro benzene ring substituents is 1. The summed E-state index contributed by atoms with van der Waals surface area (Å²) in [7, 11) is 0. The van der Waals surface area contributed by atoms with E-state index >= 15 is 0 Å². The van der Waals surface area contributed by atoms with Crippen LogP contribution >= 0.6 is 0 Å². The molecule has 0 amide bonds. The highest BCUT2D eigenvalue weighted by Gasteiger charge is 2.12. The number of hydrogen-bond donors (Lipinski definition) is 1. The molecule has 0 spiro atoms. The van der Waals surface area contributed by atoms with E-state index in [2.05, 4.69) is 15.5 Å². The van der Waals surface area contributed by atoms with Gasteiger partial charge in [0.25, 0.3) is 5.69 Å². The molecule has 2 heterocycles. The van der Waals surface area contributed by atoms with E-state index in [-0.39, 0.29) is 16.7 Å². The lowest BCUT2D eigenvalue weighted by atomic mass is 10.1. The van der Waals surface area contributed by atoms with Crippen molar-refractivity contribution < 1.29 is 4.92 Å². The van der Waals surface area contributed by atoms with Crippen molar-refractivity contribution >= 4 is 11.3 Å². The zero-order valence-electron chi connectivity index (χ0n) is 12.7.